The molecule has 1 aromatic rings. The highest BCUT2D eigenvalue weighted by Crippen LogP contribution is 2.26. The number of rotatable bonds is 2. The summed E-state index contributed by atoms with van der Waals surface area (Å²) in [4.78, 5) is 0. The molecule has 0 amide bonds. The first-order valence-corrected chi connectivity index (χ1v) is 4.65. The Bertz CT molecular complexity index is 358. The molecule has 84 valence electrons. The quantitative estimate of drug-likeness (QED) is 0.818. The summed E-state index contributed by atoms with van der Waals surface area (Å²) >= 11 is 0. The Morgan fingerprint density at radius 2 is 1.73 bits per heavy atom. The molecule has 0 atom stereocenters. The fraction of sp³-hybridized carbons (Fsp3) is 0.455. The highest BCUT2D eigenvalue weighted by atomic mass is 19.1. The summed E-state index contributed by atoms with van der Waals surface area (Å²) in [5, 5.41) is 2.87. The summed E-state index contributed by atoms with van der Waals surface area (Å²) in [6.45, 7) is 5.61. The third-order valence-electron chi connectivity index (χ3n) is 1.75. The predicted molar refractivity (Wildman–Crippen MR) is 56.3 cm³/mol. The first-order chi connectivity index (χ1) is 6.83. The lowest BCUT2D eigenvalue weighted by Crippen LogP contribution is -2.26. The fourth-order valence-corrected chi connectivity index (χ4v) is 1.18. The number of ether oxygens (including phenoxy) is 1. The molecule has 0 spiro atoms. The molecule has 0 unspecified atom stereocenters. The smallest absolute Gasteiger partial charge is 0.167 e. The second-order valence-corrected chi connectivity index (χ2v) is 4.34. The molecule has 0 saturated carbocycles. The Morgan fingerprint density at radius 3 is 2.20 bits per heavy atom. The van der Waals surface area contributed by atoms with Gasteiger partial charge < -0.3 is 10.1 Å². The minimum absolute atomic E-state index is 0.0908. The van der Waals surface area contributed by atoms with E-state index in [2.05, 4.69) is 10.1 Å². The van der Waals surface area contributed by atoms with Crippen molar-refractivity contribution in [3.05, 3.63) is 23.8 Å². The van der Waals surface area contributed by atoms with Crippen LogP contribution in [-0.4, -0.2) is 12.6 Å². The first kappa shape index (κ1) is 11.8. The number of benzene rings is 1. The molecule has 0 fully saturated rings. The van der Waals surface area contributed by atoms with E-state index in [0.29, 0.717) is 0 Å². The average Bonchev–Trinajstić information content (AvgIpc) is 2.08. The van der Waals surface area contributed by atoms with Crippen LogP contribution in [-0.2, 0) is 0 Å². The first-order valence-electron chi connectivity index (χ1n) is 4.65. The van der Waals surface area contributed by atoms with Crippen LogP contribution in [0.25, 0.3) is 0 Å². The molecular formula is C11H15F2NO. The molecule has 0 aliphatic rings. The maximum absolute atomic E-state index is 13.4. The number of anilines is 1. The van der Waals surface area contributed by atoms with Crippen molar-refractivity contribution < 1.29 is 13.5 Å². The number of hydrogen-bond acceptors (Lipinski definition) is 2. The molecule has 0 aromatic heterocycles. The number of methoxy groups -OCH3 is 1. The van der Waals surface area contributed by atoms with Gasteiger partial charge in [0.05, 0.1) is 12.8 Å². The van der Waals surface area contributed by atoms with Crippen LogP contribution in [0.5, 0.6) is 5.75 Å². The minimum Gasteiger partial charge on any atom is -0.494 e. The van der Waals surface area contributed by atoms with Gasteiger partial charge in [-0.05, 0) is 20.8 Å². The van der Waals surface area contributed by atoms with Crippen LogP contribution in [0, 0.1) is 11.6 Å². The van der Waals surface area contributed by atoms with Gasteiger partial charge in [0.15, 0.2) is 11.6 Å². The molecule has 1 aromatic carbocycles. The van der Waals surface area contributed by atoms with Gasteiger partial charge in [-0.25, -0.2) is 8.78 Å². The van der Waals surface area contributed by atoms with E-state index in [1.807, 2.05) is 20.8 Å². The van der Waals surface area contributed by atoms with Crippen LogP contribution in [0.1, 0.15) is 20.8 Å². The highest BCUT2D eigenvalue weighted by molar-refractivity contribution is 5.50. The topological polar surface area (TPSA) is 21.3 Å². The molecule has 1 rings (SSSR count). The molecule has 0 saturated heterocycles. The lowest BCUT2D eigenvalue weighted by atomic mass is 10.1. The zero-order valence-corrected chi connectivity index (χ0v) is 9.32. The second kappa shape index (κ2) is 4.04. The van der Waals surface area contributed by atoms with Gasteiger partial charge in [0, 0.05) is 17.7 Å². The summed E-state index contributed by atoms with van der Waals surface area (Å²) in [5.74, 6) is -1.19. The van der Waals surface area contributed by atoms with Crippen molar-refractivity contribution in [1.29, 1.82) is 0 Å². The summed E-state index contributed by atoms with van der Waals surface area (Å²) in [6, 6.07) is 2.13. The second-order valence-electron chi connectivity index (χ2n) is 4.34. The maximum atomic E-state index is 13.4. The lowest BCUT2D eigenvalue weighted by Gasteiger charge is -2.22. The number of halogens is 2. The molecule has 0 bridgehead atoms. The van der Waals surface area contributed by atoms with Crippen molar-refractivity contribution in [1.82, 2.24) is 0 Å². The van der Waals surface area contributed by atoms with Gasteiger partial charge in [-0.1, -0.05) is 0 Å². The Labute approximate surface area is 88.3 Å². The predicted octanol–water partition coefficient (Wildman–Crippen LogP) is 3.18. The van der Waals surface area contributed by atoms with E-state index in [0.717, 1.165) is 12.1 Å². The van der Waals surface area contributed by atoms with Crippen LogP contribution < -0.4 is 10.1 Å². The normalized spacial score (nSPS) is 11.3. The zero-order chi connectivity index (χ0) is 11.6. The van der Waals surface area contributed by atoms with Gasteiger partial charge in [0.1, 0.15) is 5.82 Å². The third-order valence-corrected chi connectivity index (χ3v) is 1.75. The largest absolute Gasteiger partial charge is 0.494 e. The SMILES string of the molecule is COc1cc(F)c(NC(C)(C)C)cc1F. The molecule has 0 aliphatic carbocycles. The summed E-state index contributed by atoms with van der Waals surface area (Å²) in [5.41, 5.74) is -0.178. The highest BCUT2D eigenvalue weighted by Gasteiger charge is 2.15. The molecule has 4 heteroatoms. The standard InChI is InChI=1S/C11H15F2NO/c1-11(2,3)14-9-5-8(13)10(15-4)6-7(9)12/h5-6,14H,1-4H3. The van der Waals surface area contributed by atoms with Crippen molar-refractivity contribution in [3.63, 3.8) is 0 Å². The lowest BCUT2D eigenvalue weighted by molar-refractivity contribution is 0.383. The average molecular weight is 215 g/mol. The van der Waals surface area contributed by atoms with Crippen LogP contribution in [0.15, 0.2) is 12.1 Å². The fourth-order valence-electron chi connectivity index (χ4n) is 1.18. The Morgan fingerprint density at radius 1 is 1.13 bits per heavy atom. The molecule has 1 N–H and O–H groups in total. The van der Waals surface area contributed by atoms with Crippen molar-refractivity contribution >= 4 is 5.69 Å². The zero-order valence-electron chi connectivity index (χ0n) is 9.32. The van der Waals surface area contributed by atoms with Gasteiger partial charge in [0.2, 0.25) is 0 Å². The van der Waals surface area contributed by atoms with E-state index in [1.54, 1.807) is 0 Å². The van der Waals surface area contributed by atoms with E-state index in [9.17, 15) is 8.78 Å². The van der Waals surface area contributed by atoms with Crippen molar-refractivity contribution in [3.8, 4) is 5.75 Å². The molecule has 0 heterocycles. The summed E-state index contributed by atoms with van der Waals surface area (Å²) in [6.07, 6.45) is 0. The number of hydrogen-bond donors (Lipinski definition) is 1. The van der Waals surface area contributed by atoms with Gasteiger partial charge in [0.25, 0.3) is 0 Å². The molecule has 2 nitrogen and oxygen atoms in total. The minimum atomic E-state index is -0.578. The van der Waals surface area contributed by atoms with E-state index < -0.39 is 11.6 Å². The third kappa shape index (κ3) is 3.08. The van der Waals surface area contributed by atoms with Gasteiger partial charge in [-0.2, -0.15) is 0 Å². The molecule has 0 radical (unpaired) electrons. The molecule has 15 heavy (non-hydrogen) atoms. The van der Waals surface area contributed by atoms with Gasteiger partial charge in [-0.3, -0.25) is 0 Å². The molecule has 0 aliphatic heterocycles. The Balaban J connectivity index is 3.05. The van der Waals surface area contributed by atoms with Crippen molar-refractivity contribution in [2.24, 2.45) is 0 Å². The van der Waals surface area contributed by atoms with Crippen LogP contribution in [0.2, 0.25) is 0 Å². The summed E-state index contributed by atoms with van der Waals surface area (Å²) in [7, 11) is 1.30. The van der Waals surface area contributed by atoms with E-state index in [4.69, 9.17) is 0 Å². The van der Waals surface area contributed by atoms with E-state index >= 15 is 0 Å². The summed E-state index contributed by atoms with van der Waals surface area (Å²) < 4.78 is 31.4. The van der Waals surface area contributed by atoms with Gasteiger partial charge >= 0.3 is 0 Å². The van der Waals surface area contributed by atoms with Crippen LogP contribution in [0.4, 0.5) is 14.5 Å². The Hall–Kier alpha value is -1.32. The van der Waals surface area contributed by atoms with E-state index in [-0.39, 0.29) is 17.0 Å². The molecular weight excluding hydrogens is 200 g/mol. The van der Waals surface area contributed by atoms with Crippen molar-refractivity contribution in [2.75, 3.05) is 12.4 Å². The van der Waals surface area contributed by atoms with E-state index in [1.165, 1.54) is 7.11 Å². The van der Waals surface area contributed by atoms with Gasteiger partial charge in [-0.15, -0.1) is 0 Å². The van der Waals surface area contributed by atoms with Crippen LogP contribution >= 0.6 is 0 Å². The Kier molecular flexibility index (Phi) is 3.17. The number of nitrogens with one attached hydrogen (secondary N) is 1. The maximum Gasteiger partial charge on any atom is 0.167 e. The monoisotopic (exact) mass is 215 g/mol. The van der Waals surface area contributed by atoms with Crippen molar-refractivity contribution in [2.45, 2.75) is 26.3 Å². The van der Waals surface area contributed by atoms with Crippen LogP contribution in [0.3, 0.4) is 0 Å².